The zero-order valence-corrected chi connectivity index (χ0v) is 7.88. The molecule has 0 aliphatic heterocycles. The highest BCUT2D eigenvalue weighted by Gasteiger charge is 2.04. The van der Waals surface area contributed by atoms with Crippen LogP contribution in [0.2, 0.25) is 0 Å². The molecule has 1 aliphatic rings. The van der Waals surface area contributed by atoms with E-state index in [9.17, 15) is 4.79 Å². The molecule has 1 fully saturated rings. The van der Waals surface area contributed by atoms with Crippen molar-refractivity contribution in [3.8, 4) is 0 Å². The summed E-state index contributed by atoms with van der Waals surface area (Å²) in [7, 11) is 0. The average molecular weight is 183 g/mol. The van der Waals surface area contributed by atoms with Crippen LogP contribution >= 0.6 is 0 Å². The lowest BCUT2D eigenvalue weighted by atomic mass is 9.99. The number of carbonyl (C=O) groups excluding carboxylic acids is 1. The standard InChI is InChI=1S/C9H17N3O/c10-9(13)12-11-8-6-4-2-1-3-5-7-8/h1-7H2,(H3,10,12,13). The van der Waals surface area contributed by atoms with Gasteiger partial charge < -0.3 is 5.73 Å². The van der Waals surface area contributed by atoms with Gasteiger partial charge in [0.2, 0.25) is 0 Å². The predicted octanol–water partition coefficient (Wildman–Crippen LogP) is 1.75. The number of carbonyl (C=O) groups is 1. The summed E-state index contributed by atoms with van der Waals surface area (Å²) in [5.74, 6) is 0. The normalized spacial score (nSPS) is 18.6. The second-order valence-corrected chi connectivity index (χ2v) is 3.42. The van der Waals surface area contributed by atoms with E-state index in [0.717, 1.165) is 18.6 Å². The van der Waals surface area contributed by atoms with Gasteiger partial charge in [-0.3, -0.25) is 0 Å². The highest BCUT2D eigenvalue weighted by Crippen LogP contribution is 2.14. The van der Waals surface area contributed by atoms with Gasteiger partial charge in [-0.25, -0.2) is 10.2 Å². The molecule has 0 unspecified atom stereocenters. The first-order valence-corrected chi connectivity index (χ1v) is 4.90. The molecule has 0 saturated heterocycles. The van der Waals surface area contributed by atoms with E-state index in [1.165, 1.54) is 32.1 Å². The Kier molecular flexibility index (Phi) is 4.29. The Morgan fingerprint density at radius 1 is 1.15 bits per heavy atom. The third-order valence-corrected chi connectivity index (χ3v) is 2.25. The summed E-state index contributed by atoms with van der Waals surface area (Å²) in [6, 6.07) is -0.574. The van der Waals surface area contributed by atoms with E-state index in [2.05, 4.69) is 10.5 Å². The van der Waals surface area contributed by atoms with E-state index >= 15 is 0 Å². The number of nitrogens with two attached hydrogens (primary N) is 1. The van der Waals surface area contributed by atoms with Crippen LogP contribution < -0.4 is 11.2 Å². The molecule has 74 valence electrons. The zero-order chi connectivity index (χ0) is 9.52. The van der Waals surface area contributed by atoms with Gasteiger partial charge >= 0.3 is 6.03 Å². The van der Waals surface area contributed by atoms with Crippen LogP contribution in [0.25, 0.3) is 0 Å². The molecule has 13 heavy (non-hydrogen) atoms. The molecule has 0 atom stereocenters. The summed E-state index contributed by atoms with van der Waals surface area (Å²) in [5, 5.41) is 3.98. The molecule has 0 spiro atoms. The lowest BCUT2D eigenvalue weighted by Gasteiger charge is -2.10. The van der Waals surface area contributed by atoms with Gasteiger partial charge in [0.1, 0.15) is 0 Å². The number of hydrogen-bond acceptors (Lipinski definition) is 2. The Labute approximate surface area is 78.6 Å². The molecule has 0 bridgehead atoms. The monoisotopic (exact) mass is 183 g/mol. The maximum Gasteiger partial charge on any atom is 0.332 e. The number of nitrogens with zero attached hydrogens (tertiary/aromatic N) is 1. The molecule has 0 aromatic rings. The minimum absolute atomic E-state index is 0.574. The van der Waals surface area contributed by atoms with Crippen molar-refractivity contribution in [3.63, 3.8) is 0 Å². The maximum absolute atomic E-state index is 10.4. The molecule has 0 aromatic carbocycles. The Morgan fingerprint density at radius 3 is 2.23 bits per heavy atom. The van der Waals surface area contributed by atoms with Gasteiger partial charge in [0.25, 0.3) is 0 Å². The number of amides is 2. The van der Waals surface area contributed by atoms with Gasteiger partial charge in [0.15, 0.2) is 0 Å². The molecule has 3 N–H and O–H groups in total. The van der Waals surface area contributed by atoms with Crippen LogP contribution in [-0.4, -0.2) is 11.7 Å². The number of rotatable bonds is 1. The van der Waals surface area contributed by atoms with Crippen LogP contribution in [0.3, 0.4) is 0 Å². The third kappa shape index (κ3) is 4.50. The lowest BCUT2D eigenvalue weighted by Crippen LogP contribution is -2.26. The third-order valence-electron chi connectivity index (χ3n) is 2.25. The summed E-state index contributed by atoms with van der Waals surface area (Å²) in [6.45, 7) is 0. The summed E-state index contributed by atoms with van der Waals surface area (Å²) >= 11 is 0. The minimum Gasteiger partial charge on any atom is -0.350 e. The largest absolute Gasteiger partial charge is 0.350 e. The first-order valence-electron chi connectivity index (χ1n) is 4.90. The Hall–Kier alpha value is -1.06. The fourth-order valence-corrected chi connectivity index (χ4v) is 1.56. The van der Waals surface area contributed by atoms with E-state index in [1.54, 1.807) is 0 Å². The molecular weight excluding hydrogens is 166 g/mol. The smallest absolute Gasteiger partial charge is 0.332 e. The van der Waals surface area contributed by atoms with Gasteiger partial charge in [-0.1, -0.05) is 19.3 Å². The van der Waals surface area contributed by atoms with Crippen LogP contribution in [-0.2, 0) is 0 Å². The second kappa shape index (κ2) is 5.56. The Balaban J connectivity index is 2.36. The highest BCUT2D eigenvalue weighted by molar-refractivity contribution is 5.85. The first kappa shape index (κ1) is 10.0. The minimum atomic E-state index is -0.574. The van der Waals surface area contributed by atoms with Gasteiger partial charge in [0, 0.05) is 5.71 Å². The lowest BCUT2D eigenvalue weighted by molar-refractivity contribution is 0.249. The van der Waals surface area contributed by atoms with E-state index in [0.29, 0.717) is 0 Å². The molecule has 4 heteroatoms. The maximum atomic E-state index is 10.4. The number of hydrogen-bond donors (Lipinski definition) is 2. The van der Waals surface area contributed by atoms with Crippen LogP contribution in [0.5, 0.6) is 0 Å². The van der Waals surface area contributed by atoms with Crippen molar-refractivity contribution in [2.45, 2.75) is 44.9 Å². The van der Waals surface area contributed by atoms with E-state index < -0.39 is 6.03 Å². The predicted molar refractivity (Wildman–Crippen MR) is 52.5 cm³/mol. The zero-order valence-electron chi connectivity index (χ0n) is 7.88. The van der Waals surface area contributed by atoms with E-state index in [-0.39, 0.29) is 0 Å². The van der Waals surface area contributed by atoms with Crippen molar-refractivity contribution in [2.24, 2.45) is 10.8 Å². The fraction of sp³-hybridized carbons (Fsp3) is 0.778. The topological polar surface area (TPSA) is 67.5 Å². The van der Waals surface area contributed by atoms with Gasteiger partial charge in [-0.05, 0) is 25.7 Å². The average Bonchev–Trinajstić information content (AvgIpc) is 2.01. The molecule has 4 nitrogen and oxygen atoms in total. The van der Waals surface area contributed by atoms with Crippen molar-refractivity contribution < 1.29 is 4.79 Å². The van der Waals surface area contributed by atoms with E-state index in [4.69, 9.17) is 5.73 Å². The summed E-state index contributed by atoms with van der Waals surface area (Å²) in [6.07, 6.45) is 8.24. The van der Waals surface area contributed by atoms with Crippen molar-refractivity contribution in [3.05, 3.63) is 0 Å². The van der Waals surface area contributed by atoms with Gasteiger partial charge in [0.05, 0.1) is 0 Å². The molecular formula is C9H17N3O. The van der Waals surface area contributed by atoms with Crippen molar-refractivity contribution in [1.82, 2.24) is 5.43 Å². The molecule has 1 saturated carbocycles. The molecule has 2 amide bonds. The SMILES string of the molecule is NC(=O)NN=C1CCCCCCC1. The molecule has 1 aliphatic carbocycles. The molecule has 0 aromatic heterocycles. The number of nitrogens with one attached hydrogen (secondary N) is 1. The van der Waals surface area contributed by atoms with Crippen molar-refractivity contribution in [1.29, 1.82) is 0 Å². The number of urea groups is 1. The van der Waals surface area contributed by atoms with Crippen molar-refractivity contribution >= 4 is 11.7 Å². The van der Waals surface area contributed by atoms with Crippen LogP contribution in [0.1, 0.15) is 44.9 Å². The van der Waals surface area contributed by atoms with Gasteiger partial charge in [-0.2, -0.15) is 5.10 Å². The molecule has 1 rings (SSSR count). The number of hydrazone groups is 1. The van der Waals surface area contributed by atoms with E-state index in [1.807, 2.05) is 0 Å². The Bertz CT molecular complexity index is 191. The second-order valence-electron chi connectivity index (χ2n) is 3.42. The molecule has 0 radical (unpaired) electrons. The highest BCUT2D eigenvalue weighted by atomic mass is 16.2. The number of primary amides is 1. The van der Waals surface area contributed by atoms with Crippen LogP contribution in [0, 0.1) is 0 Å². The summed E-state index contributed by atoms with van der Waals surface area (Å²) in [5.41, 5.74) is 8.29. The van der Waals surface area contributed by atoms with Crippen LogP contribution in [0.15, 0.2) is 5.10 Å². The quantitative estimate of drug-likeness (QED) is 0.597. The fourth-order valence-electron chi connectivity index (χ4n) is 1.56. The van der Waals surface area contributed by atoms with Crippen LogP contribution in [0.4, 0.5) is 4.79 Å². The molecule has 0 heterocycles. The first-order chi connectivity index (χ1) is 6.29. The van der Waals surface area contributed by atoms with Crippen molar-refractivity contribution in [2.75, 3.05) is 0 Å². The Morgan fingerprint density at radius 2 is 1.69 bits per heavy atom. The summed E-state index contributed by atoms with van der Waals surface area (Å²) in [4.78, 5) is 10.4. The van der Waals surface area contributed by atoms with Gasteiger partial charge in [-0.15, -0.1) is 0 Å². The summed E-state index contributed by atoms with van der Waals surface area (Å²) < 4.78 is 0.